The van der Waals surface area contributed by atoms with Crippen LogP contribution >= 0.6 is 0 Å². The van der Waals surface area contributed by atoms with Gasteiger partial charge in [0.2, 0.25) is 0 Å². The molecule has 1 saturated heterocycles. The molecule has 0 bridgehead atoms. The zero-order chi connectivity index (χ0) is 11.5. The second kappa shape index (κ2) is 4.67. The van der Waals surface area contributed by atoms with Gasteiger partial charge in [-0.3, -0.25) is 0 Å². The largest absolute Gasteiger partial charge is 0.411 e. The van der Waals surface area contributed by atoms with E-state index in [1.165, 1.54) is 0 Å². The molecule has 6 heteroatoms. The van der Waals surface area contributed by atoms with Gasteiger partial charge >= 0.3 is 6.18 Å². The van der Waals surface area contributed by atoms with E-state index in [1.807, 2.05) is 0 Å². The third kappa shape index (κ3) is 3.32. The second-order valence-corrected chi connectivity index (χ2v) is 3.89. The quantitative estimate of drug-likeness (QED) is 0.789. The zero-order valence-corrected chi connectivity index (χ0v) is 8.51. The summed E-state index contributed by atoms with van der Waals surface area (Å²) in [5, 5.41) is 9.18. The molecule has 0 spiro atoms. The smallest absolute Gasteiger partial charge is 0.396 e. The highest BCUT2D eigenvalue weighted by Gasteiger charge is 2.42. The lowest BCUT2D eigenvalue weighted by Crippen LogP contribution is -2.38. The van der Waals surface area contributed by atoms with Crippen LogP contribution in [0.4, 0.5) is 13.2 Å². The van der Waals surface area contributed by atoms with Gasteiger partial charge in [0.15, 0.2) is 0 Å². The predicted molar refractivity (Wildman–Crippen MR) is 46.4 cm³/mol. The first-order valence-corrected chi connectivity index (χ1v) is 4.77. The molecule has 1 aliphatic heterocycles. The van der Waals surface area contributed by atoms with Crippen molar-refractivity contribution in [3.63, 3.8) is 0 Å². The molecule has 1 rings (SSSR count). The number of alkyl halides is 3. The first-order valence-electron chi connectivity index (χ1n) is 4.77. The van der Waals surface area contributed by atoms with Crippen LogP contribution in [-0.2, 0) is 9.47 Å². The molecule has 2 atom stereocenters. The Morgan fingerprint density at radius 1 is 1.53 bits per heavy atom. The summed E-state index contributed by atoms with van der Waals surface area (Å²) in [7, 11) is 0. The summed E-state index contributed by atoms with van der Waals surface area (Å²) in [6, 6.07) is 0. The van der Waals surface area contributed by atoms with Crippen molar-refractivity contribution in [1.29, 1.82) is 0 Å². The average Bonchev–Trinajstić information content (AvgIpc) is 2.46. The van der Waals surface area contributed by atoms with Crippen LogP contribution in [0.1, 0.15) is 13.3 Å². The Bertz CT molecular complexity index is 207. The van der Waals surface area contributed by atoms with E-state index in [1.54, 1.807) is 6.92 Å². The molecule has 90 valence electrons. The first kappa shape index (κ1) is 12.7. The summed E-state index contributed by atoms with van der Waals surface area (Å²) in [4.78, 5) is 0. The fourth-order valence-corrected chi connectivity index (χ4v) is 1.63. The van der Waals surface area contributed by atoms with Crippen molar-refractivity contribution in [3.8, 4) is 0 Å². The molecule has 0 aromatic heterocycles. The molecule has 0 aliphatic carbocycles. The molecule has 2 unspecified atom stereocenters. The number of ether oxygens (including phenoxy) is 2. The second-order valence-electron chi connectivity index (χ2n) is 3.89. The molecule has 0 amide bonds. The normalized spacial score (nSPS) is 32.2. The molecule has 1 fully saturated rings. The van der Waals surface area contributed by atoms with Gasteiger partial charge in [0.25, 0.3) is 0 Å². The Labute approximate surface area is 86.2 Å². The number of rotatable bonds is 4. The molecule has 0 aromatic rings. The van der Waals surface area contributed by atoms with Gasteiger partial charge in [0.1, 0.15) is 6.61 Å². The van der Waals surface area contributed by atoms with Crippen molar-refractivity contribution >= 4 is 0 Å². The van der Waals surface area contributed by atoms with E-state index < -0.39 is 18.2 Å². The summed E-state index contributed by atoms with van der Waals surface area (Å²) in [6.45, 7) is 0.578. The summed E-state index contributed by atoms with van der Waals surface area (Å²) in [5.41, 5.74) is -0.675. The molecular formula is C9H15F3O3. The number of aliphatic hydroxyl groups excluding tert-OH is 1. The van der Waals surface area contributed by atoms with Gasteiger partial charge in [-0.05, 0) is 13.3 Å². The summed E-state index contributed by atoms with van der Waals surface area (Å²) >= 11 is 0. The Balaban J connectivity index is 2.41. The average molecular weight is 228 g/mol. The van der Waals surface area contributed by atoms with Gasteiger partial charge in [0.05, 0.1) is 19.3 Å². The molecule has 1 aliphatic rings. The molecule has 15 heavy (non-hydrogen) atoms. The molecular weight excluding hydrogens is 213 g/mol. The summed E-state index contributed by atoms with van der Waals surface area (Å²) in [6.07, 6.45) is -4.06. The fraction of sp³-hybridized carbons (Fsp3) is 1.00. The van der Waals surface area contributed by atoms with Crippen LogP contribution in [0.25, 0.3) is 0 Å². The molecule has 0 saturated carbocycles. The summed E-state index contributed by atoms with van der Waals surface area (Å²) < 4.78 is 45.3. The standard InChI is InChI=1S/C9H15F3O3/c1-7-8(4-13,2-3-15-7)5-14-6-9(10,11)12/h7,13H,2-6H2,1H3. The van der Waals surface area contributed by atoms with Crippen molar-refractivity contribution in [1.82, 2.24) is 0 Å². The number of halogens is 3. The Morgan fingerprint density at radius 2 is 2.20 bits per heavy atom. The van der Waals surface area contributed by atoms with Crippen LogP contribution < -0.4 is 0 Å². The molecule has 0 radical (unpaired) electrons. The molecule has 1 heterocycles. The van der Waals surface area contributed by atoms with Crippen molar-refractivity contribution in [2.75, 3.05) is 26.4 Å². The van der Waals surface area contributed by atoms with E-state index in [9.17, 15) is 18.3 Å². The van der Waals surface area contributed by atoms with Gasteiger partial charge in [0, 0.05) is 12.0 Å². The van der Waals surface area contributed by atoms with Crippen LogP contribution in [0.15, 0.2) is 0 Å². The van der Waals surface area contributed by atoms with Gasteiger partial charge in [-0.15, -0.1) is 0 Å². The van der Waals surface area contributed by atoms with Crippen molar-refractivity contribution < 1.29 is 27.8 Å². The number of hydrogen-bond acceptors (Lipinski definition) is 3. The maximum absolute atomic E-state index is 11.8. The highest BCUT2D eigenvalue weighted by molar-refractivity contribution is 4.89. The van der Waals surface area contributed by atoms with Gasteiger partial charge in [-0.2, -0.15) is 13.2 Å². The SMILES string of the molecule is CC1OCCC1(CO)COCC(F)(F)F. The van der Waals surface area contributed by atoms with Crippen molar-refractivity contribution in [2.45, 2.75) is 25.6 Å². The highest BCUT2D eigenvalue weighted by atomic mass is 19.4. The van der Waals surface area contributed by atoms with Crippen LogP contribution in [0, 0.1) is 5.41 Å². The van der Waals surface area contributed by atoms with Crippen LogP contribution in [-0.4, -0.2) is 43.8 Å². The van der Waals surface area contributed by atoms with Crippen LogP contribution in [0.2, 0.25) is 0 Å². The van der Waals surface area contributed by atoms with Gasteiger partial charge in [-0.25, -0.2) is 0 Å². The Hall–Kier alpha value is -0.330. The number of hydrogen-bond donors (Lipinski definition) is 1. The number of aliphatic hydroxyl groups is 1. The maximum atomic E-state index is 11.8. The first-order chi connectivity index (χ1) is 6.90. The van der Waals surface area contributed by atoms with Crippen molar-refractivity contribution in [2.24, 2.45) is 5.41 Å². The molecule has 0 aromatic carbocycles. The van der Waals surface area contributed by atoms with Crippen LogP contribution in [0.5, 0.6) is 0 Å². The maximum Gasteiger partial charge on any atom is 0.411 e. The minimum absolute atomic E-state index is 0.121. The topological polar surface area (TPSA) is 38.7 Å². The Morgan fingerprint density at radius 3 is 2.60 bits per heavy atom. The highest BCUT2D eigenvalue weighted by Crippen LogP contribution is 2.35. The minimum atomic E-state index is -4.32. The predicted octanol–water partition coefficient (Wildman–Crippen LogP) is 1.35. The van der Waals surface area contributed by atoms with Crippen LogP contribution in [0.3, 0.4) is 0 Å². The Kier molecular flexibility index (Phi) is 3.97. The monoisotopic (exact) mass is 228 g/mol. The molecule has 3 nitrogen and oxygen atoms in total. The van der Waals surface area contributed by atoms with E-state index in [4.69, 9.17) is 4.74 Å². The van der Waals surface area contributed by atoms with Gasteiger partial charge < -0.3 is 14.6 Å². The molecule has 1 N–H and O–H groups in total. The van der Waals surface area contributed by atoms with Crippen molar-refractivity contribution in [3.05, 3.63) is 0 Å². The lowest BCUT2D eigenvalue weighted by Gasteiger charge is -2.29. The summed E-state index contributed by atoms with van der Waals surface area (Å²) in [5.74, 6) is 0. The van der Waals surface area contributed by atoms with E-state index in [2.05, 4.69) is 4.74 Å². The van der Waals surface area contributed by atoms with E-state index in [0.29, 0.717) is 13.0 Å². The van der Waals surface area contributed by atoms with E-state index in [0.717, 1.165) is 0 Å². The minimum Gasteiger partial charge on any atom is -0.396 e. The van der Waals surface area contributed by atoms with E-state index in [-0.39, 0.29) is 19.3 Å². The lowest BCUT2D eigenvalue weighted by molar-refractivity contribution is -0.184. The van der Waals surface area contributed by atoms with E-state index >= 15 is 0 Å². The van der Waals surface area contributed by atoms with Gasteiger partial charge in [-0.1, -0.05) is 0 Å². The fourth-order valence-electron chi connectivity index (χ4n) is 1.63. The third-order valence-electron chi connectivity index (χ3n) is 2.80. The third-order valence-corrected chi connectivity index (χ3v) is 2.80. The lowest BCUT2D eigenvalue weighted by atomic mass is 9.83. The zero-order valence-electron chi connectivity index (χ0n) is 8.51.